The molecule has 0 aliphatic rings. The zero-order chi connectivity index (χ0) is 15.4. The first-order chi connectivity index (χ1) is 10.8. The summed E-state index contributed by atoms with van der Waals surface area (Å²) in [5, 5.41) is 0.780. The Balaban J connectivity index is 1.76. The normalized spacial score (nSPS) is 10.8. The minimum Gasteiger partial charge on any atom is -0.496 e. The van der Waals surface area contributed by atoms with Crippen molar-refractivity contribution >= 4 is 10.9 Å². The predicted octanol–water partition coefficient (Wildman–Crippen LogP) is 4.10. The van der Waals surface area contributed by atoms with Gasteiger partial charge in [-0.05, 0) is 23.8 Å². The fourth-order valence-electron chi connectivity index (χ4n) is 2.42. The fourth-order valence-corrected chi connectivity index (χ4v) is 2.42. The zero-order valence-electron chi connectivity index (χ0n) is 12.3. The minimum absolute atomic E-state index is 0.316. The molecule has 4 heteroatoms. The van der Waals surface area contributed by atoms with Crippen molar-refractivity contribution in [3.05, 3.63) is 71.7 Å². The van der Waals surface area contributed by atoms with Crippen molar-refractivity contribution in [3.63, 3.8) is 0 Å². The first kappa shape index (κ1) is 14.5. The van der Waals surface area contributed by atoms with Crippen LogP contribution in [0.15, 0.2) is 54.7 Å². The van der Waals surface area contributed by atoms with Crippen molar-refractivity contribution in [2.24, 2.45) is 0 Å². The molecule has 0 fully saturated rings. The molecule has 3 rings (SSSR count). The van der Waals surface area contributed by atoms with E-state index in [-0.39, 0.29) is 5.82 Å². The van der Waals surface area contributed by atoms with Crippen molar-refractivity contribution in [3.8, 4) is 5.75 Å². The summed E-state index contributed by atoms with van der Waals surface area (Å²) >= 11 is 0. The quantitative estimate of drug-likeness (QED) is 0.710. The maximum atomic E-state index is 13.7. The van der Waals surface area contributed by atoms with Crippen molar-refractivity contribution < 1.29 is 13.9 Å². The Hall–Kier alpha value is -2.46. The summed E-state index contributed by atoms with van der Waals surface area (Å²) in [4.78, 5) is 4.08. The highest BCUT2D eigenvalue weighted by Gasteiger charge is 2.07. The van der Waals surface area contributed by atoms with Crippen LogP contribution in [0.3, 0.4) is 0 Å². The summed E-state index contributed by atoms with van der Waals surface area (Å²) in [6.07, 6.45) is 1.60. The number of halogens is 1. The summed E-state index contributed by atoms with van der Waals surface area (Å²) in [6, 6.07) is 14.5. The van der Waals surface area contributed by atoms with Crippen molar-refractivity contribution in [1.29, 1.82) is 0 Å². The largest absolute Gasteiger partial charge is 0.496 e. The van der Waals surface area contributed by atoms with Gasteiger partial charge in [0.05, 0.1) is 20.3 Å². The lowest BCUT2D eigenvalue weighted by atomic mass is 10.1. The van der Waals surface area contributed by atoms with Gasteiger partial charge < -0.3 is 9.47 Å². The summed E-state index contributed by atoms with van der Waals surface area (Å²) in [7, 11) is 1.64. The summed E-state index contributed by atoms with van der Waals surface area (Å²) < 4.78 is 24.8. The van der Waals surface area contributed by atoms with Gasteiger partial charge in [-0.2, -0.15) is 0 Å². The molecule has 0 aliphatic carbocycles. The number of fused-ring (bicyclic) bond motifs is 1. The van der Waals surface area contributed by atoms with Crippen LogP contribution in [-0.2, 0) is 18.0 Å². The third-order valence-electron chi connectivity index (χ3n) is 3.52. The number of benzene rings is 2. The molecule has 0 amide bonds. The molecule has 0 aliphatic heterocycles. The number of rotatable bonds is 5. The number of nitrogens with zero attached hydrogens (tertiary/aromatic N) is 1. The molecule has 2 aromatic carbocycles. The van der Waals surface area contributed by atoms with E-state index in [0.29, 0.717) is 18.7 Å². The van der Waals surface area contributed by atoms with Crippen LogP contribution in [0.1, 0.15) is 11.1 Å². The average Bonchev–Trinajstić information content (AvgIpc) is 2.56. The molecule has 0 saturated heterocycles. The second-order valence-electron chi connectivity index (χ2n) is 4.91. The molecule has 0 bridgehead atoms. The molecule has 1 aromatic heterocycles. The number of hydrogen-bond acceptors (Lipinski definition) is 3. The first-order valence-corrected chi connectivity index (χ1v) is 7.01. The molecule has 0 saturated carbocycles. The van der Waals surface area contributed by atoms with Crippen LogP contribution < -0.4 is 4.74 Å². The van der Waals surface area contributed by atoms with Gasteiger partial charge in [0.1, 0.15) is 17.1 Å². The number of ether oxygens (including phenoxy) is 2. The van der Waals surface area contributed by atoms with Gasteiger partial charge in [-0.3, -0.25) is 4.98 Å². The highest BCUT2D eigenvalue weighted by molar-refractivity contribution is 5.82. The van der Waals surface area contributed by atoms with Gasteiger partial charge in [-0.1, -0.05) is 30.3 Å². The molecule has 0 atom stereocenters. The van der Waals surface area contributed by atoms with Crippen molar-refractivity contribution in [2.45, 2.75) is 13.2 Å². The van der Waals surface area contributed by atoms with Crippen LogP contribution in [0.2, 0.25) is 0 Å². The second-order valence-corrected chi connectivity index (χ2v) is 4.91. The number of methoxy groups -OCH3 is 1. The molecule has 0 spiro atoms. The maximum absolute atomic E-state index is 13.7. The first-order valence-electron chi connectivity index (χ1n) is 7.01. The second kappa shape index (κ2) is 6.54. The molecular formula is C18H16FNO2. The fraction of sp³-hybridized carbons (Fsp3) is 0.167. The van der Waals surface area contributed by atoms with E-state index in [1.54, 1.807) is 19.4 Å². The third-order valence-corrected chi connectivity index (χ3v) is 3.52. The Kier molecular flexibility index (Phi) is 4.30. The molecule has 0 N–H and O–H groups in total. The topological polar surface area (TPSA) is 31.4 Å². The summed E-state index contributed by atoms with van der Waals surface area (Å²) in [6.45, 7) is 0.823. The van der Waals surface area contributed by atoms with E-state index >= 15 is 0 Å². The monoisotopic (exact) mass is 297 g/mol. The van der Waals surface area contributed by atoms with E-state index < -0.39 is 0 Å². The number of hydrogen-bond donors (Lipinski definition) is 0. The Labute approximate surface area is 128 Å². The molecule has 3 nitrogen and oxygen atoms in total. The highest BCUT2D eigenvalue weighted by atomic mass is 19.1. The molecule has 0 radical (unpaired) electrons. The van der Waals surface area contributed by atoms with Gasteiger partial charge in [0.15, 0.2) is 0 Å². The van der Waals surface area contributed by atoms with Crippen molar-refractivity contribution in [1.82, 2.24) is 4.98 Å². The summed E-state index contributed by atoms with van der Waals surface area (Å²) in [5.74, 6) is 0.484. The lowest BCUT2D eigenvalue weighted by Crippen LogP contribution is -1.98. The van der Waals surface area contributed by atoms with E-state index in [1.807, 2.05) is 36.4 Å². The molecule has 22 heavy (non-hydrogen) atoms. The lowest BCUT2D eigenvalue weighted by molar-refractivity contribution is 0.106. The van der Waals surface area contributed by atoms with Gasteiger partial charge in [-0.15, -0.1) is 0 Å². The van der Waals surface area contributed by atoms with Gasteiger partial charge in [-0.25, -0.2) is 4.39 Å². The number of pyridine rings is 1. The van der Waals surface area contributed by atoms with Crippen LogP contribution in [0.4, 0.5) is 4.39 Å². The maximum Gasteiger partial charge on any atom is 0.149 e. The SMILES string of the molecule is COc1ccccc1COCc1ccnc2c(F)cccc12. The van der Waals surface area contributed by atoms with Crippen LogP contribution >= 0.6 is 0 Å². The van der Waals surface area contributed by atoms with Gasteiger partial charge in [0, 0.05) is 17.1 Å². The molecular weight excluding hydrogens is 281 g/mol. The van der Waals surface area contributed by atoms with Crippen LogP contribution in [0.5, 0.6) is 5.75 Å². The minimum atomic E-state index is -0.316. The molecule has 0 unspecified atom stereocenters. The Morgan fingerprint density at radius 3 is 2.64 bits per heavy atom. The Bertz CT molecular complexity index is 789. The standard InChI is InChI=1S/C18H16FNO2/c1-21-17-8-3-2-5-14(17)12-22-11-13-9-10-20-18-15(13)6-4-7-16(18)19/h2-10H,11-12H2,1H3. The Morgan fingerprint density at radius 2 is 1.77 bits per heavy atom. The van der Waals surface area contributed by atoms with Gasteiger partial charge in [0.2, 0.25) is 0 Å². The molecule has 112 valence electrons. The van der Waals surface area contributed by atoms with Crippen LogP contribution in [-0.4, -0.2) is 12.1 Å². The average molecular weight is 297 g/mol. The van der Waals surface area contributed by atoms with Gasteiger partial charge in [0.25, 0.3) is 0 Å². The smallest absolute Gasteiger partial charge is 0.149 e. The number of aromatic nitrogens is 1. The third kappa shape index (κ3) is 2.92. The predicted molar refractivity (Wildman–Crippen MR) is 83.2 cm³/mol. The van der Waals surface area contributed by atoms with E-state index in [0.717, 1.165) is 22.3 Å². The van der Waals surface area contributed by atoms with E-state index in [2.05, 4.69) is 4.98 Å². The zero-order valence-corrected chi connectivity index (χ0v) is 12.3. The van der Waals surface area contributed by atoms with E-state index in [4.69, 9.17) is 9.47 Å². The molecule has 1 heterocycles. The van der Waals surface area contributed by atoms with Crippen LogP contribution in [0.25, 0.3) is 10.9 Å². The lowest BCUT2D eigenvalue weighted by Gasteiger charge is -2.10. The van der Waals surface area contributed by atoms with E-state index in [9.17, 15) is 4.39 Å². The van der Waals surface area contributed by atoms with E-state index in [1.165, 1.54) is 6.07 Å². The Morgan fingerprint density at radius 1 is 0.955 bits per heavy atom. The summed E-state index contributed by atoms with van der Waals surface area (Å²) in [5.41, 5.74) is 2.27. The van der Waals surface area contributed by atoms with Crippen molar-refractivity contribution in [2.75, 3.05) is 7.11 Å². The van der Waals surface area contributed by atoms with Crippen LogP contribution in [0, 0.1) is 5.82 Å². The molecule has 3 aromatic rings. The van der Waals surface area contributed by atoms with Gasteiger partial charge >= 0.3 is 0 Å². The number of para-hydroxylation sites is 2. The highest BCUT2D eigenvalue weighted by Crippen LogP contribution is 2.22.